The van der Waals surface area contributed by atoms with Crippen molar-refractivity contribution >= 4 is 16.9 Å². The average Bonchev–Trinajstić information content (AvgIpc) is 2.92. The molecule has 0 saturated carbocycles. The van der Waals surface area contributed by atoms with Gasteiger partial charge in [-0.1, -0.05) is 37.3 Å². The zero-order valence-corrected chi connectivity index (χ0v) is 17.2. The summed E-state index contributed by atoms with van der Waals surface area (Å²) in [4.78, 5) is 11.4. The van der Waals surface area contributed by atoms with Crippen molar-refractivity contribution < 1.29 is 14.6 Å². The van der Waals surface area contributed by atoms with E-state index in [9.17, 15) is 9.90 Å². The fourth-order valence-electron chi connectivity index (χ4n) is 3.67. The van der Waals surface area contributed by atoms with Gasteiger partial charge >= 0.3 is 5.97 Å². The highest BCUT2D eigenvalue weighted by atomic mass is 16.5. The Labute approximate surface area is 166 Å². The molecule has 3 rings (SSSR count). The van der Waals surface area contributed by atoms with E-state index < -0.39 is 11.6 Å². The molecular formula is C24H29NO3. The molecule has 1 N–H and O–H groups in total. The molecule has 1 heterocycles. The molecule has 2 aromatic carbocycles. The minimum absolute atomic E-state index is 0.592. The average molecular weight is 380 g/mol. The molecule has 0 bridgehead atoms. The quantitative estimate of drug-likeness (QED) is 0.571. The normalized spacial score (nSPS) is 11.7. The summed E-state index contributed by atoms with van der Waals surface area (Å²) < 4.78 is 8.15. The number of aromatic nitrogens is 1. The van der Waals surface area contributed by atoms with E-state index in [1.807, 2.05) is 18.2 Å². The molecule has 0 unspecified atom stereocenters. The fraction of sp³-hybridized carbons (Fsp3) is 0.375. The third-order valence-corrected chi connectivity index (χ3v) is 5.27. The number of benzene rings is 2. The standard InChI is InChI=1S/C24H29NO3/c1-5-15-25-17(2)20(13-11-18-9-7-6-8-10-18)21-16-19(12-14-22(21)25)28-24(3,4)23(26)27/h6-10,12,14,16H,5,11,13,15H2,1-4H3,(H,26,27). The van der Waals surface area contributed by atoms with Crippen molar-refractivity contribution in [3.63, 3.8) is 0 Å². The van der Waals surface area contributed by atoms with Crippen LogP contribution in [0.4, 0.5) is 0 Å². The van der Waals surface area contributed by atoms with Crippen molar-refractivity contribution in [2.75, 3.05) is 0 Å². The third kappa shape index (κ3) is 4.06. The molecule has 0 fully saturated rings. The number of aliphatic carboxylic acids is 1. The Morgan fingerprint density at radius 3 is 2.46 bits per heavy atom. The van der Waals surface area contributed by atoms with Gasteiger partial charge in [0.1, 0.15) is 5.75 Å². The van der Waals surface area contributed by atoms with E-state index >= 15 is 0 Å². The topological polar surface area (TPSA) is 51.5 Å². The maximum absolute atomic E-state index is 11.4. The number of nitrogens with zero attached hydrogens (tertiary/aromatic N) is 1. The lowest BCUT2D eigenvalue weighted by atomic mass is 10.0. The van der Waals surface area contributed by atoms with Crippen LogP contribution in [0.1, 0.15) is 44.0 Å². The van der Waals surface area contributed by atoms with E-state index in [1.165, 1.54) is 22.3 Å². The van der Waals surface area contributed by atoms with Crippen LogP contribution in [-0.2, 0) is 24.2 Å². The number of aryl methyl sites for hydroxylation is 3. The zero-order valence-electron chi connectivity index (χ0n) is 17.2. The summed E-state index contributed by atoms with van der Waals surface area (Å²) in [5.74, 6) is -0.383. The van der Waals surface area contributed by atoms with Gasteiger partial charge in [0.15, 0.2) is 5.60 Å². The van der Waals surface area contributed by atoms with E-state index in [-0.39, 0.29) is 0 Å². The lowest BCUT2D eigenvalue weighted by molar-refractivity contribution is -0.152. The number of hydrogen-bond donors (Lipinski definition) is 1. The van der Waals surface area contributed by atoms with Crippen LogP contribution >= 0.6 is 0 Å². The molecule has 0 aliphatic carbocycles. The SMILES string of the molecule is CCCn1c(C)c(CCc2ccccc2)c2cc(OC(C)(C)C(=O)O)ccc21. The molecule has 4 heteroatoms. The van der Waals surface area contributed by atoms with Gasteiger partial charge in [-0.05, 0) is 69.4 Å². The lowest BCUT2D eigenvalue weighted by Gasteiger charge is -2.21. The van der Waals surface area contributed by atoms with E-state index in [0.29, 0.717) is 5.75 Å². The highest BCUT2D eigenvalue weighted by molar-refractivity contribution is 5.87. The molecule has 0 amide bonds. The Bertz CT molecular complexity index is 970. The molecule has 1 aromatic heterocycles. The molecule has 28 heavy (non-hydrogen) atoms. The maximum atomic E-state index is 11.4. The predicted octanol–water partition coefficient (Wildman–Crippen LogP) is 5.39. The molecule has 0 aliphatic heterocycles. The first-order chi connectivity index (χ1) is 13.3. The fourth-order valence-corrected chi connectivity index (χ4v) is 3.67. The van der Waals surface area contributed by atoms with E-state index in [4.69, 9.17) is 4.74 Å². The van der Waals surface area contributed by atoms with Crippen LogP contribution in [-0.4, -0.2) is 21.2 Å². The summed E-state index contributed by atoms with van der Waals surface area (Å²) in [6, 6.07) is 16.4. The van der Waals surface area contributed by atoms with Gasteiger partial charge in [-0.3, -0.25) is 0 Å². The lowest BCUT2D eigenvalue weighted by Crippen LogP contribution is -2.37. The Balaban J connectivity index is 2.00. The van der Waals surface area contributed by atoms with Gasteiger partial charge in [-0.25, -0.2) is 4.79 Å². The number of carboxylic acids is 1. The molecule has 0 spiro atoms. The summed E-state index contributed by atoms with van der Waals surface area (Å²) in [5, 5.41) is 10.5. The van der Waals surface area contributed by atoms with Gasteiger partial charge in [0.05, 0.1) is 0 Å². The Hall–Kier alpha value is -2.75. The van der Waals surface area contributed by atoms with E-state index in [1.54, 1.807) is 13.8 Å². The van der Waals surface area contributed by atoms with Gasteiger partial charge < -0.3 is 14.4 Å². The first-order valence-electron chi connectivity index (χ1n) is 9.91. The van der Waals surface area contributed by atoms with Crippen molar-refractivity contribution in [1.29, 1.82) is 0 Å². The van der Waals surface area contributed by atoms with Gasteiger partial charge in [0.25, 0.3) is 0 Å². The van der Waals surface area contributed by atoms with E-state index in [2.05, 4.69) is 48.7 Å². The smallest absolute Gasteiger partial charge is 0.347 e. The minimum Gasteiger partial charge on any atom is -0.478 e. The third-order valence-electron chi connectivity index (χ3n) is 5.27. The summed E-state index contributed by atoms with van der Waals surface area (Å²) in [6.45, 7) is 8.47. The molecule has 3 aromatic rings. The first-order valence-corrected chi connectivity index (χ1v) is 9.91. The van der Waals surface area contributed by atoms with Crippen molar-refractivity contribution in [3.05, 3.63) is 65.4 Å². The molecule has 0 saturated heterocycles. The number of fused-ring (bicyclic) bond motifs is 1. The number of carboxylic acid groups (broad SMARTS) is 1. The number of ether oxygens (including phenoxy) is 1. The summed E-state index contributed by atoms with van der Waals surface area (Å²) in [7, 11) is 0. The molecule has 0 aliphatic rings. The van der Waals surface area contributed by atoms with Crippen LogP contribution in [0.25, 0.3) is 10.9 Å². The summed E-state index contributed by atoms with van der Waals surface area (Å²) >= 11 is 0. The number of carbonyl (C=O) groups is 1. The van der Waals surface area contributed by atoms with Crippen LogP contribution in [0.2, 0.25) is 0 Å². The second kappa shape index (κ2) is 8.09. The van der Waals surface area contributed by atoms with Crippen LogP contribution in [0, 0.1) is 6.92 Å². The number of rotatable bonds is 8. The van der Waals surface area contributed by atoms with Gasteiger partial charge in [0.2, 0.25) is 0 Å². The maximum Gasteiger partial charge on any atom is 0.347 e. The molecule has 148 valence electrons. The van der Waals surface area contributed by atoms with Crippen LogP contribution in [0.5, 0.6) is 5.75 Å². The largest absolute Gasteiger partial charge is 0.478 e. The summed E-state index contributed by atoms with van der Waals surface area (Å²) in [6.07, 6.45) is 2.97. The Kier molecular flexibility index (Phi) is 5.78. The van der Waals surface area contributed by atoms with Crippen LogP contribution in [0.3, 0.4) is 0 Å². The van der Waals surface area contributed by atoms with Crippen LogP contribution in [0.15, 0.2) is 48.5 Å². The Morgan fingerprint density at radius 1 is 1.11 bits per heavy atom. The zero-order chi connectivity index (χ0) is 20.3. The Morgan fingerprint density at radius 2 is 1.82 bits per heavy atom. The highest BCUT2D eigenvalue weighted by Gasteiger charge is 2.29. The minimum atomic E-state index is -1.26. The van der Waals surface area contributed by atoms with Crippen LogP contribution < -0.4 is 4.74 Å². The predicted molar refractivity (Wildman–Crippen MR) is 113 cm³/mol. The highest BCUT2D eigenvalue weighted by Crippen LogP contribution is 2.32. The van der Waals surface area contributed by atoms with E-state index in [0.717, 1.165) is 31.2 Å². The molecule has 0 atom stereocenters. The van der Waals surface area contributed by atoms with Crippen molar-refractivity contribution in [2.45, 2.75) is 59.1 Å². The van der Waals surface area contributed by atoms with Crippen molar-refractivity contribution in [3.8, 4) is 5.75 Å². The monoisotopic (exact) mass is 379 g/mol. The molecule has 0 radical (unpaired) electrons. The molecular weight excluding hydrogens is 350 g/mol. The second-order valence-electron chi connectivity index (χ2n) is 7.80. The van der Waals surface area contributed by atoms with Crippen molar-refractivity contribution in [1.82, 2.24) is 4.57 Å². The first kappa shape index (κ1) is 20.0. The summed E-state index contributed by atoms with van der Waals surface area (Å²) in [5.41, 5.74) is 3.83. The van der Waals surface area contributed by atoms with Gasteiger partial charge in [-0.15, -0.1) is 0 Å². The van der Waals surface area contributed by atoms with Gasteiger partial charge in [0, 0.05) is 23.1 Å². The van der Waals surface area contributed by atoms with Crippen molar-refractivity contribution in [2.24, 2.45) is 0 Å². The van der Waals surface area contributed by atoms with Gasteiger partial charge in [-0.2, -0.15) is 0 Å². The second-order valence-corrected chi connectivity index (χ2v) is 7.80. The number of hydrogen-bond acceptors (Lipinski definition) is 2. The molecule has 4 nitrogen and oxygen atoms in total.